The van der Waals surface area contributed by atoms with Crippen LogP contribution < -0.4 is 9.64 Å². The second kappa shape index (κ2) is 9.23. The Morgan fingerprint density at radius 2 is 1.76 bits per heavy atom. The van der Waals surface area contributed by atoms with Crippen LogP contribution >= 0.6 is 0 Å². The van der Waals surface area contributed by atoms with Gasteiger partial charge in [-0.05, 0) is 36.4 Å². The Balaban J connectivity index is 1.53. The van der Waals surface area contributed by atoms with E-state index in [2.05, 4.69) is 4.98 Å². The number of nitro groups is 1. The quantitative estimate of drug-likeness (QED) is 0.283. The average molecular weight is 486 g/mol. The third-order valence-corrected chi connectivity index (χ3v) is 7.65. The van der Waals surface area contributed by atoms with E-state index < -0.39 is 20.7 Å². The van der Waals surface area contributed by atoms with Crippen molar-refractivity contribution >= 4 is 27.2 Å². The highest BCUT2D eigenvalue weighted by Gasteiger charge is 2.31. The molecule has 2 heterocycles. The maximum Gasteiger partial charge on any atom is 0.293 e. The molecule has 0 aliphatic carbocycles. The minimum Gasteiger partial charge on any atom is -0.497 e. The van der Waals surface area contributed by atoms with Crippen LogP contribution in [-0.2, 0) is 17.1 Å². The van der Waals surface area contributed by atoms with Crippen molar-refractivity contribution in [2.45, 2.75) is 4.90 Å². The highest BCUT2D eigenvalue weighted by Crippen LogP contribution is 2.31. The molecule has 0 atom stereocenters. The molecule has 0 bridgehead atoms. The number of carbonyl (C=O) groups excluding carboxylic acids is 1. The lowest BCUT2D eigenvalue weighted by atomic mass is 10.1. The van der Waals surface area contributed by atoms with E-state index in [9.17, 15) is 23.3 Å². The zero-order valence-electron chi connectivity index (χ0n) is 18.6. The molecular formula is C22H23N5O6S. The number of ether oxygens (including phenoxy) is 1. The highest BCUT2D eigenvalue weighted by molar-refractivity contribution is 7.89. The molecule has 1 aromatic heterocycles. The molecule has 1 fully saturated rings. The van der Waals surface area contributed by atoms with Gasteiger partial charge in [0.15, 0.2) is 5.82 Å². The van der Waals surface area contributed by atoms with Gasteiger partial charge < -0.3 is 14.2 Å². The standard InChI is InChI=1S/C22H23N5O6S/c1-24-10-9-23-22(24)21(28)16-3-8-19(20(15-16)27(29)30)25-11-13-26(14-12-25)34(31,32)18-6-4-17(33-2)5-7-18/h3-10,15H,11-14H2,1-2H3. The number of rotatable bonds is 7. The lowest BCUT2D eigenvalue weighted by Crippen LogP contribution is -2.48. The summed E-state index contributed by atoms with van der Waals surface area (Å²) in [6.07, 6.45) is 3.10. The van der Waals surface area contributed by atoms with E-state index in [1.54, 1.807) is 34.8 Å². The van der Waals surface area contributed by atoms with Gasteiger partial charge in [-0.2, -0.15) is 4.31 Å². The summed E-state index contributed by atoms with van der Waals surface area (Å²) in [7, 11) is -0.531. The number of aryl methyl sites for hydroxylation is 1. The van der Waals surface area contributed by atoms with Crippen LogP contribution in [0.5, 0.6) is 5.75 Å². The van der Waals surface area contributed by atoms with Gasteiger partial charge in [-0.15, -0.1) is 0 Å². The summed E-state index contributed by atoms with van der Waals surface area (Å²) in [6, 6.07) is 10.4. The van der Waals surface area contributed by atoms with E-state index in [-0.39, 0.29) is 48.1 Å². The first-order valence-electron chi connectivity index (χ1n) is 10.4. The fourth-order valence-electron chi connectivity index (χ4n) is 3.86. The molecular weight excluding hydrogens is 462 g/mol. The van der Waals surface area contributed by atoms with Crippen molar-refractivity contribution in [1.82, 2.24) is 13.9 Å². The predicted molar refractivity (Wildman–Crippen MR) is 124 cm³/mol. The first-order chi connectivity index (χ1) is 16.2. The number of benzene rings is 2. The molecule has 1 aliphatic heterocycles. The molecule has 0 amide bonds. The average Bonchev–Trinajstić information content (AvgIpc) is 3.29. The van der Waals surface area contributed by atoms with Crippen LogP contribution in [0.1, 0.15) is 16.2 Å². The molecule has 12 heteroatoms. The third kappa shape index (κ3) is 4.37. The van der Waals surface area contributed by atoms with Gasteiger partial charge in [-0.1, -0.05) is 0 Å². The number of anilines is 1. The lowest BCUT2D eigenvalue weighted by Gasteiger charge is -2.35. The predicted octanol–water partition coefficient (Wildman–Crippen LogP) is 2.08. The van der Waals surface area contributed by atoms with Crippen LogP contribution in [-0.4, -0.2) is 66.3 Å². The monoisotopic (exact) mass is 485 g/mol. The number of carbonyl (C=O) groups is 1. The van der Waals surface area contributed by atoms with Gasteiger partial charge in [0.25, 0.3) is 5.69 Å². The van der Waals surface area contributed by atoms with E-state index in [1.165, 1.54) is 47.9 Å². The maximum absolute atomic E-state index is 13.0. The first-order valence-corrected chi connectivity index (χ1v) is 11.9. The van der Waals surface area contributed by atoms with Gasteiger partial charge in [0.2, 0.25) is 15.8 Å². The number of ketones is 1. The summed E-state index contributed by atoms with van der Waals surface area (Å²) in [4.78, 5) is 29.9. The summed E-state index contributed by atoms with van der Waals surface area (Å²) in [5, 5.41) is 11.8. The molecule has 3 aromatic rings. The molecule has 2 aromatic carbocycles. The molecule has 1 saturated heterocycles. The summed E-state index contributed by atoms with van der Waals surface area (Å²) >= 11 is 0. The highest BCUT2D eigenvalue weighted by atomic mass is 32.2. The molecule has 11 nitrogen and oxygen atoms in total. The van der Waals surface area contributed by atoms with Gasteiger partial charge in [0.05, 0.1) is 16.9 Å². The van der Waals surface area contributed by atoms with Crippen molar-refractivity contribution in [2.24, 2.45) is 7.05 Å². The fourth-order valence-corrected chi connectivity index (χ4v) is 5.28. The molecule has 0 spiro atoms. The summed E-state index contributed by atoms with van der Waals surface area (Å²) in [5.74, 6) is 0.317. The van der Waals surface area contributed by atoms with Gasteiger partial charge >= 0.3 is 0 Å². The van der Waals surface area contributed by atoms with Crippen molar-refractivity contribution in [3.05, 3.63) is 76.4 Å². The van der Waals surface area contributed by atoms with Crippen LogP contribution in [0.3, 0.4) is 0 Å². The van der Waals surface area contributed by atoms with Crippen LogP contribution in [0.2, 0.25) is 0 Å². The Bertz CT molecular complexity index is 1330. The second-order valence-electron chi connectivity index (χ2n) is 7.72. The number of nitrogens with zero attached hydrogens (tertiary/aromatic N) is 5. The maximum atomic E-state index is 13.0. The van der Waals surface area contributed by atoms with E-state index in [0.717, 1.165) is 0 Å². The topological polar surface area (TPSA) is 128 Å². The number of imidazole rings is 1. The van der Waals surface area contributed by atoms with Gasteiger partial charge in [0.1, 0.15) is 11.4 Å². The Morgan fingerprint density at radius 3 is 2.32 bits per heavy atom. The van der Waals surface area contributed by atoms with Crippen molar-refractivity contribution in [3.8, 4) is 5.75 Å². The molecule has 34 heavy (non-hydrogen) atoms. The summed E-state index contributed by atoms with van der Waals surface area (Å²) in [6.45, 7) is 0.866. The van der Waals surface area contributed by atoms with E-state index in [0.29, 0.717) is 11.4 Å². The first kappa shape index (κ1) is 23.4. The van der Waals surface area contributed by atoms with Crippen LogP contribution in [0.4, 0.5) is 11.4 Å². The zero-order chi connectivity index (χ0) is 24.5. The van der Waals surface area contributed by atoms with Crippen molar-refractivity contribution in [2.75, 3.05) is 38.2 Å². The minimum atomic E-state index is -3.70. The summed E-state index contributed by atoms with van der Waals surface area (Å²) < 4.78 is 33.9. The molecule has 0 N–H and O–H groups in total. The van der Waals surface area contributed by atoms with Crippen molar-refractivity contribution < 1.29 is 22.9 Å². The number of aromatic nitrogens is 2. The Kier molecular flexibility index (Phi) is 6.35. The van der Waals surface area contributed by atoms with Crippen LogP contribution in [0.15, 0.2) is 59.8 Å². The van der Waals surface area contributed by atoms with Crippen molar-refractivity contribution in [1.29, 1.82) is 0 Å². The fraction of sp³-hybridized carbons (Fsp3) is 0.273. The largest absolute Gasteiger partial charge is 0.497 e. The van der Waals surface area contributed by atoms with E-state index >= 15 is 0 Å². The lowest BCUT2D eigenvalue weighted by molar-refractivity contribution is -0.384. The number of methoxy groups -OCH3 is 1. The smallest absolute Gasteiger partial charge is 0.293 e. The number of sulfonamides is 1. The Hall–Kier alpha value is -3.77. The summed E-state index contributed by atoms with van der Waals surface area (Å²) in [5.41, 5.74) is 0.278. The number of piperazine rings is 1. The molecule has 4 rings (SSSR count). The van der Waals surface area contributed by atoms with Gasteiger partial charge in [-0.25, -0.2) is 13.4 Å². The molecule has 178 valence electrons. The second-order valence-corrected chi connectivity index (χ2v) is 9.66. The van der Waals surface area contributed by atoms with Crippen LogP contribution in [0, 0.1) is 10.1 Å². The van der Waals surface area contributed by atoms with Crippen molar-refractivity contribution in [3.63, 3.8) is 0 Å². The molecule has 0 unspecified atom stereocenters. The molecule has 0 saturated carbocycles. The zero-order valence-corrected chi connectivity index (χ0v) is 19.4. The molecule has 1 aliphatic rings. The third-order valence-electron chi connectivity index (χ3n) is 5.74. The normalized spacial score (nSPS) is 14.7. The number of hydrogen-bond donors (Lipinski definition) is 0. The SMILES string of the molecule is COc1ccc(S(=O)(=O)N2CCN(c3ccc(C(=O)c4nccn4C)cc3[N+](=O)[O-])CC2)cc1. The van der Waals surface area contributed by atoms with Crippen LogP contribution in [0.25, 0.3) is 0 Å². The number of hydrogen-bond acceptors (Lipinski definition) is 8. The van der Waals surface area contributed by atoms with Gasteiger partial charge in [0, 0.05) is 57.3 Å². The van der Waals surface area contributed by atoms with Gasteiger partial charge in [-0.3, -0.25) is 14.9 Å². The van der Waals surface area contributed by atoms with E-state index in [1.807, 2.05) is 0 Å². The van der Waals surface area contributed by atoms with E-state index in [4.69, 9.17) is 4.74 Å². The minimum absolute atomic E-state index is 0.157. The number of nitro benzene ring substituents is 1. The Morgan fingerprint density at radius 1 is 1.09 bits per heavy atom. The molecule has 0 radical (unpaired) electrons. The Labute approximate surface area is 196 Å².